The lowest BCUT2D eigenvalue weighted by molar-refractivity contribution is -0.106. The summed E-state index contributed by atoms with van der Waals surface area (Å²) in [6.07, 6.45) is 9.27. The van der Waals surface area contributed by atoms with E-state index < -0.39 is 11.4 Å². The molecule has 2 saturated carbocycles. The Kier molecular flexibility index (Phi) is 9.25. The molecule has 2 unspecified atom stereocenters. The summed E-state index contributed by atoms with van der Waals surface area (Å²) in [7, 11) is 3.30. The number of fused-ring (bicyclic) bond motifs is 3. The Morgan fingerprint density at radius 3 is 2.73 bits per heavy atom. The number of aromatic amines is 1. The number of likely N-dealkylation sites (tertiary alicyclic amines) is 1. The molecule has 8 rings (SSSR count). The summed E-state index contributed by atoms with van der Waals surface area (Å²) >= 11 is 6.87. The molecule has 1 aromatic carbocycles. The van der Waals surface area contributed by atoms with Crippen molar-refractivity contribution in [1.82, 2.24) is 30.0 Å². The molecule has 2 aliphatic heterocycles. The smallest absolute Gasteiger partial charge is 0.319 e. The van der Waals surface area contributed by atoms with Gasteiger partial charge in [-0.3, -0.25) is 10.00 Å². The second kappa shape index (κ2) is 13.5. The number of nitrogens with one attached hydrogen (secondary N) is 1. The molecular weight excluding hydrogens is 689 g/mol. The van der Waals surface area contributed by atoms with Gasteiger partial charge in [0, 0.05) is 42.6 Å². The quantitative estimate of drug-likeness (QED) is 0.207. The zero-order valence-electron chi connectivity index (χ0n) is 30.7. The van der Waals surface area contributed by atoms with Crippen LogP contribution in [-0.4, -0.2) is 113 Å². The first-order chi connectivity index (χ1) is 24.9. The van der Waals surface area contributed by atoms with E-state index in [0.29, 0.717) is 59.0 Å². The zero-order valence-corrected chi connectivity index (χ0v) is 31.5. The number of piperidine rings is 1. The van der Waals surface area contributed by atoms with Crippen molar-refractivity contribution in [3.8, 4) is 23.1 Å². The lowest BCUT2D eigenvalue weighted by Crippen LogP contribution is -2.55. The Balaban J connectivity index is 1.20. The number of benzene rings is 1. The number of β-amino-alcohol motifs (C(OH)–C–C–N with tert-alkyl or cyclic N) is 1. The fourth-order valence-corrected chi connectivity index (χ4v) is 9.80. The van der Waals surface area contributed by atoms with Gasteiger partial charge in [0.2, 0.25) is 5.88 Å². The van der Waals surface area contributed by atoms with E-state index in [9.17, 15) is 5.11 Å². The van der Waals surface area contributed by atoms with Crippen LogP contribution in [0.3, 0.4) is 0 Å². The molecule has 0 spiro atoms. The number of hydrogen-bond acceptors (Lipinski definition) is 11. The summed E-state index contributed by atoms with van der Waals surface area (Å²) in [5.74, 6) is 0.446. The highest BCUT2D eigenvalue weighted by molar-refractivity contribution is 6.35. The van der Waals surface area contributed by atoms with Crippen LogP contribution in [0, 0.1) is 24.1 Å². The van der Waals surface area contributed by atoms with Gasteiger partial charge in [-0.15, -0.1) is 0 Å². The van der Waals surface area contributed by atoms with Gasteiger partial charge in [0.05, 0.1) is 55.8 Å². The fraction of sp³-hybridized carbons (Fsp3) is 0.632. The largest absolute Gasteiger partial charge is 0.480 e. The van der Waals surface area contributed by atoms with Crippen molar-refractivity contribution in [2.75, 3.05) is 65.1 Å². The topological polar surface area (TPSA) is 131 Å². The van der Waals surface area contributed by atoms with Crippen LogP contribution in [-0.2, 0) is 9.47 Å². The van der Waals surface area contributed by atoms with Crippen molar-refractivity contribution in [1.29, 1.82) is 0 Å². The van der Waals surface area contributed by atoms with Crippen LogP contribution < -0.4 is 14.4 Å². The number of nitrogens with zero attached hydrogens (tertiary/aromatic N) is 6. The van der Waals surface area contributed by atoms with E-state index in [1.807, 2.05) is 25.0 Å². The number of aryl methyl sites for hydroxylation is 1. The minimum absolute atomic E-state index is 0.00204. The average Bonchev–Trinajstić information content (AvgIpc) is 3.72. The second-order valence-electron chi connectivity index (χ2n) is 16.1. The number of methoxy groups -OCH3 is 2. The minimum atomic E-state index is -1.18. The molecule has 3 atom stereocenters. The number of hydrogen-bond donors (Lipinski definition) is 2. The van der Waals surface area contributed by atoms with Crippen LogP contribution >= 0.6 is 11.6 Å². The van der Waals surface area contributed by atoms with E-state index in [0.717, 1.165) is 63.6 Å². The maximum absolute atomic E-state index is 17.2. The van der Waals surface area contributed by atoms with E-state index in [4.69, 9.17) is 45.5 Å². The van der Waals surface area contributed by atoms with Crippen LogP contribution in [0.2, 0.25) is 5.02 Å². The van der Waals surface area contributed by atoms with E-state index in [1.165, 1.54) is 7.11 Å². The Hall–Kier alpha value is -3.36. The number of aromatic nitrogens is 5. The molecule has 2 N–H and O–H groups in total. The van der Waals surface area contributed by atoms with Gasteiger partial charge >= 0.3 is 6.01 Å². The molecule has 52 heavy (non-hydrogen) atoms. The van der Waals surface area contributed by atoms with Crippen LogP contribution in [0.4, 0.5) is 10.2 Å². The third-order valence-electron chi connectivity index (χ3n) is 12.1. The lowest BCUT2D eigenvalue weighted by atomic mass is 9.70. The predicted molar refractivity (Wildman–Crippen MR) is 197 cm³/mol. The van der Waals surface area contributed by atoms with Crippen molar-refractivity contribution >= 4 is 39.2 Å². The van der Waals surface area contributed by atoms with Gasteiger partial charge in [0.25, 0.3) is 0 Å². The van der Waals surface area contributed by atoms with Gasteiger partial charge in [-0.25, -0.2) is 9.37 Å². The van der Waals surface area contributed by atoms with Gasteiger partial charge < -0.3 is 29.0 Å². The molecule has 2 aliphatic carbocycles. The second-order valence-corrected chi connectivity index (χ2v) is 16.5. The van der Waals surface area contributed by atoms with E-state index in [1.54, 1.807) is 13.1 Å². The first kappa shape index (κ1) is 35.7. The molecule has 4 aliphatic rings. The first-order valence-electron chi connectivity index (χ1n) is 18.5. The SMILES string of the molecule is COc1nc(-c2c(Cl)c(C)cc3[nH]ncc23)c(F)c2nc(OCC34CCCC3N(CC3CC(C)(OC)C3)CCC4)nc(N3CCOC[C@@](C)(O)C3)c12. The molecule has 2 saturated heterocycles. The number of rotatable bonds is 9. The van der Waals surface area contributed by atoms with Gasteiger partial charge in [-0.05, 0) is 83.4 Å². The van der Waals surface area contributed by atoms with Crippen molar-refractivity contribution in [2.24, 2.45) is 11.3 Å². The molecule has 0 amide bonds. The molecular formula is C38H49ClFN7O5. The summed E-state index contributed by atoms with van der Waals surface area (Å²) < 4.78 is 41.2. The van der Waals surface area contributed by atoms with Crippen LogP contribution in [0.25, 0.3) is 33.1 Å². The van der Waals surface area contributed by atoms with Gasteiger partial charge in [-0.1, -0.05) is 18.0 Å². The maximum atomic E-state index is 17.2. The molecule has 14 heteroatoms. The Bertz CT molecular complexity index is 1990. The van der Waals surface area contributed by atoms with E-state index in [-0.39, 0.29) is 52.7 Å². The fourth-order valence-electron chi connectivity index (χ4n) is 9.55. The van der Waals surface area contributed by atoms with Gasteiger partial charge in [0.15, 0.2) is 5.82 Å². The van der Waals surface area contributed by atoms with Gasteiger partial charge in [0.1, 0.15) is 28.0 Å². The van der Waals surface area contributed by atoms with Gasteiger partial charge in [-0.2, -0.15) is 15.1 Å². The summed E-state index contributed by atoms with van der Waals surface area (Å²) in [4.78, 5) is 19.0. The van der Waals surface area contributed by atoms with Crippen molar-refractivity contribution in [3.05, 3.63) is 28.7 Å². The van der Waals surface area contributed by atoms with Crippen LogP contribution in [0.15, 0.2) is 12.3 Å². The summed E-state index contributed by atoms with van der Waals surface area (Å²) in [6, 6.07) is 2.34. The highest BCUT2D eigenvalue weighted by Gasteiger charge is 2.50. The Morgan fingerprint density at radius 2 is 1.94 bits per heavy atom. The monoisotopic (exact) mass is 737 g/mol. The van der Waals surface area contributed by atoms with Crippen molar-refractivity contribution < 1.29 is 28.4 Å². The lowest BCUT2D eigenvalue weighted by Gasteiger charge is -2.51. The highest BCUT2D eigenvalue weighted by atomic mass is 35.5. The molecule has 0 radical (unpaired) electrons. The predicted octanol–water partition coefficient (Wildman–Crippen LogP) is 6.09. The number of anilines is 1. The van der Waals surface area contributed by atoms with Crippen LogP contribution in [0.1, 0.15) is 64.4 Å². The number of pyridine rings is 1. The normalized spacial score (nSPS) is 29.7. The Labute approximate surface area is 308 Å². The average molecular weight is 738 g/mol. The standard InChI is InChI=1S/C38H49ClFN7O5/c1-22-14-25-24(17-41-45-25)27(29(22)39)31-30(40)32-28(34(42-31)49-4)33(47-12-13-51-20-36(2,48)19-47)44-35(43-32)52-21-38-9-6-8-26(38)46(11-7-10-38)18-23-15-37(3,16-23)50-5/h14,17,23,26,48H,6-13,15-16,18-21H2,1-5H3,(H,41,45)/t23?,26?,36-,37?,38?/m0/s1. The third kappa shape index (κ3) is 6.25. The first-order valence-corrected chi connectivity index (χ1v) is 18.9. The molecule has 0 bridgehead atoms. The summed E-state index contributed by atoms with van der Waals surface area (Å²) in [6.45, 7) is 9.45. The zero-order chi connectivity index (χ0) is 36.4. The van der Waals surface area contributed by atoms with E-state index in [2.05, 4.69) is 22.0 Å². The number of halogens is 2. The molecule has 4 fully saturated rings. The molecule has 3 aromatic heterocycles. The number of ether oxygens (including phenoxy) is 4. The maximum Gasteiger partial charge on any atom is 0.319 e. The molecule has 12 nitrogen and oxygen atoms in total. The summed E-state index contributed by atoms with van der Waals surface area (Å²) in [5.41, 5.74) is 0.590. The highest BCUT2D eigenvalue weighted by Crippen LogP contribution is 2.50. The number of aliphatic hydroxyl groups is 1. The van der Waals surface area contributed by atoms with Crippen LogP contribution in [0.5, 0.6) is 11.9 Å². The molecule has 4 aromatic rings. The minimum Gasteiger partial charge on any atom is -0.480 e. The summed E-state index contributed by atoms with van der Waals surface area (Å²) in [5, 5.41) is 19.6. The molecule has 5 heterocycles. The van der Waals surface area contributed by atoms with E-state index >= 15 is 4.39 Å². The van der Waals surface area contributed by atoms with Crippen molar-refractivity contribution in [3.63, 3.8) is 0 Å². The van der Waals surface area contributed by atoms with Crippen molar-refractivity contribution in [2.45, 2.75) is 83.0 Å². The number of H-pyrrole nitrogens is 1. The molecule has 280 valence electrons. The third-order valence-corrected chi connectivity index (χ3v) is 12.6. The Morgan fingerprint density at radius 1 is 1.13 bits per heavy atom.